The van der Waals surface area contributed by atoms with Gasteiger partial charge in [0.1, 0.15) is 11.4 Å². The number of hydrogen-bond donors (Lipinski definition) is 2. The van der Waals surface area contributed by atoms with Gasteiger partial charge < -0.3 is 19.1 Å². The fourth-order valence-corrected chi connectivity index (χ4v) is 13.0. The third-order valence-electron chi connectivity index (χ3n) is 13.5. The maximum absolute atomic E-state index is 13.1. The molecule has 2 aliphatic heterocycles. The number of amides is 1. The van der Waals surface area contributed by atoms with Crippen LogP contribution < -0.4 is 9.46 Å². The molecule has 7 rings (SSSR count). The zero-order chi connectivity index (χ0) is 32.6. The fourth-order valence-electron chi connectivity index (χ4n) is 10.9. The van der Waals surface area contributed by atoms with Crippen molar-refractivity contribution in [1.82, 2.24) is 4.72 Å². The Bertz CT molecular complexity index is 1450. The molecule has 10 heteroatoms. The molecule has 2 N–H and O–H groups in total. The molecule has 8 nitrogen and oxygen atoms in total. The van der Waals surface area contributed by atoms with Gasteiger partial charge in [0, 0.05) is 8.15 Å². The molecule has 5 fully saturated rings. The Morgan fingerprint density at radius 2 is 1.78 bits per heavy atom. The summed E-state index contributed by atoms with van der Waals surface area (Å²) < 4.78 is 46.2. The lowest BCUT2D eigenvalue weighted by molar-refractivity contribution is -0.172. The number of aryl methyl sites for hydroxylation is 1. The Morgan fingerprint density at radius 1 is 1.04 bits per heavy atom. The number of benzene rings is 1. The van der Waals surface area contributed by atoms with E-state index in [0.717, 1.165) is 50.5 Å². The van der Waals surface area contributed by atoms with Crippen LogP contribution in [-0.2, 0) is 25.7 Å². The Kier molecular flexibility index (Phi) is 8.55. The van der Waals surface area contributed by atoms with Gasteiger partial charge in [-0.25, -0.2) is 17.9 Å². The number of ether oxygens (including phenoxy) is 2. The third-order valence-corrected chi connectivity index (χ3v) is 16.2. The topological polar surface area (TPSA) is 111 Å². The second-order valence-electron chi connectivity index (χ2n) is 16.8. The molecule has 1 aromatic carbocycles. The van der Waals surface area contributed by atoms with Gasteiger partial charge in [0.25, 0.3) is 10.0 Å². The van der Waals surface area contributed by atoms with Crippen LogP contribution in [0.5, 0.6) is 5.75 Å². The molecule has 4 saturated carbocycles. The number of nitrogens with one attached hydrogen (secondary N) is 1. The van der Waals surface area contributed by atoms with Crippen LogP contribution in [0.1, 0.15) is 98.0 Å². The first kappa shape index (κ1) is 33.1. The summed E-state index contributed by atoms with van der Waals surface area (Å²) in [6.07, 6.45) is 12.1. The predicted octanol–water partition coefficient (Wildman–Crippen LogP) is 7.27. The first-order valence-corrected chi connectivity index (χ1v) is 20.9. The SMILES string of the molecule is C[C@H](COC(=O)NS(=O)(=O)c1ccc2c(c1)CCC(C)(C)O2)C1CC[C@H]2[C@@H]3[C@H](O)CC4C[C@H](OP5CC5)CCC4(C)[C@H]3CCC12C. The summed E-state index contributed by atoms with van der Waals surface area (Å²) in [5.41, 5.74) is 0.890. The average Bonchev–Trinajstić information content (AvgIpc) is 3.73. The normalized spacial score (nSPS) is 40.3. The van der Waals surface area contributed by atoms with E-state index in [1.165, 1.54) is 31.2 Å². The highest BCUT2D eigenvalue weighted by atomic mass is 32.2. The fraction of sp³-hybridized carbons (Fsp3) is 0.806. The molecule has 4 unspecified atom stereocenters. The summed E-state index contributed by atoms with van der Waals surface area (Å²) in [5.74, 6) is 3.01. The zero-order valence-electron chi connectivity index (χ0n) is 28.3. The van der Waals surface area contributed by atoms with Gasteiger partial charge in [0.15, 0.2) is 0 Å². The van der Waals surface area contributed by atoms with Gasteiger partial charge >= 0.3 is 6.09 Å². The quantitative estimate of drug-likeness (QED) is 0.293. The number of fused-ring (bicyclic) bond motifs is 6. The molecule has 6 aliphatic rings. The molecule has 1 aromatic rings. The van der Waals surface area contributed by atoms with Crippen LogP contribution in [0, 0.1) is 46.3 Å². The number of aliphatic hydroxyl groups is 1. The third kappa shape index (κ3) is 6.02. The van der Waals surface area contributed by atoms with Gasteiger partial charge in [-0.1, -0.05) is 20.8 Å². The first-order chi connectivity index (χ1) is 21.7. The van der Waals surface area contributed by atoms with Gasteiger partial charge in [-0.15, -0.1) is 0 Å². The van der Waals surface area contributed by atoms with Crippen molar-refractivity contribution in [2.45, 2.75) is 122 Å². The summed E-state index contributed by atoms with van der Waals surface area (Å²) in [7, 11) is -4.20. The van der Waals surface area contributed by atoms with E-state index >= 15 is 0 Å². The van der Waals surface area contributed by atoms with Crippen molar-refractivity contribution < 1.29 is 32.3 Å². The molecular weight excluding hydrogens is 621 g/mol. The molecule has 0 aromatic heterocycles. The Hall–Kier alpha value is -1.41. The minimum Gasteiger partial charge on any atom is -0.488 e. The number of hydrogen-bond acceptors (Lipinski definition) is 7. The lowest BCUT2D eigenvalue weighted by Crippen LogP contribution is -2.58. The lowest BCUT2D eigenvalue weighted by Gasteiger charge is -2.62. The summed E-state index contributed by atoms with van der Waals surface area (Å²) in [6.45, 7) is 11.3. The highest BCUT2D eigenvalue weighted by Gasteiger charge is 2.63. The molecule has 10 atom stereocenters. The Balaban J connectivity index is 0.963. The van der Waals surface area contributed by atoms with Crippen LogP contribution in [0.15, 0.2) is 23.1 Å². The van der Waals surface area contributed by atoms with Crippen molar-refractivity contribution in [3.63, 3.8) is 0 Å². The molecule has 1 saturated heterocycles. The van der Waals surface area contributed by atoms with Crippen LogP contribution >= 0.6 is 8.15 Å². The predicted molar refractivity (Wildman–Crippen MR) is 178 cm³/mol. The second-order valence-corrected chi connectivity index (χ2v) is 20.5. The molecule has 46 heavy (non-hydrogen) atoms. The van der Waals surface area contributed by atoms with Crippen molar-refractivity contribution in [2.75, 3.05) is 18.9 Å². The van der Waals surface area contributed by atoms with E-state index < -0.39 is 16.1 Å². The lowest BCUT2D eigenvalue weighted by atomic mass is 9.43. The van der Waals surface area contributed by atoms with Crippen LogP contribution in [0.4, 0.5) is 4.79 Å². The first-order valence-electron chi connectivity index (χ1n) is 17.8. The van der Waals surface area contributed by atoms with Gasteiger partial charge in [-0.2, -0.15) is 0 Å². The Morgan fingerprint density at radius 3 is 2.54 bits per heavy atom. The molecular formula is C36H54NO7PS. The zero-order valence-corrected chi connectivity index (χ0v) is 30.0. The molecule has 0 spiro atoms. The van der Waals surface area contributed by atoms with Crippen molar-refractivity contribution in [3.8, 4) is 5.75 Å². The molecule has 2 heterocycles. The number of carbonyl (C=O) groups is 1. The van der Waals surface area contributed by atoms with E-state index in [9.17, 15) is 18.3 Å². The minimum absolute atomic E-state index is 0.0363. The van der Waals surface area contributed by atoms with E-state index in [2.05, 4.69) is 25.5 Å². The van der Waals surface area contributed by atoms with E-state index in [4.69, 9.17) is 14.0 Å². The monoisotopic (exact) mass is 675 g/mol. The van der Waals surface area contributed by atoms with Crippen molar-refractivity contribution in [1.29, 1.82) is 0 Å². The largest absolute Gasteiger partial charge is 0.488 e. The summed E-state index contributed by atoms with van der Waals surface area (Å²) in [5, 5.41) is 11.7. The van der Waals surface area contributed by atoms with E-state index in [1.807, 2.05) is 13.8 Å². The minimum atomic E-state index is -4.08. The van der Waals surface area contributed by atoms with E-state index in [0.29, 0.717) is 47.9 Å². The molecule has 4 aliphatic carbocycles. The van der Waals surface area contributed by atoms with Gasteiger partial charge in [-0.05, 0) is 160 Å². The molecule has 256 valence electrons. The molecule has 1 amide bonds. The summed E-state index contributed by atoms with van der Waals surface area (Å²) in [4.78, 5) is 12.8. The Labute approximate surface area is 277 Å². The standard InChI is InChI=1S/C36H54NO7PS/c1-22(21-42-33(39)37-46(40,41)26-6-9-31-23(18-26)10-13-34(2,3)43-31)27-7-8-28-32-29(12-15-36(27,28)5)35(4)14-11-25(44-45-16-17-45)19-24(35)20-30(32)38/h6,9,18,22,24-25,27-30,32,38H,7-8,10-17,19-21H2,1-5H3,(H,37,39)/t22-,24?,25-,27?,28+,29+,30-,32+,35?,36?/m1/s1. The maximum atomic E-state index is 13.1. The smallest absolute Gasteiger partial charge is 0.421 e. The maximum Gasteiger partial charge on any atom is 0.421 e. The highest BCUT2D eigenvalue weighted by Crippen LogP contribution is 2.69. The van der Waals surface area contributed by atoms with Crippen molar-refractivity contribution >= 4 is 24.3 Å². The molecule has 0 radical (unpaired) electrons. The van der Waals surface area contributed by atoms with Crippen LogP contribution in [0.3, 0.4) is 0 Å². The van der Waals surface area contributed by atoms with Crippen molar-refractivity contribution in [2.24, 2.45) is 46.3 Å². The van der Waals surface area contributed by atoms with E-state index in [1.54, 1.807) is 12.1 Å². The average molecular weight is 676 g/mol. The number of sulfonamides is 1. The number of carbonyl (C=O) groups excluding carboxylic acids is 1. The summed E-state index contributed by atoms with van der Waals surface area (Å²) in [6, 6.07) is 4.74. The van der Waals surface area contributed by atoms with Crippen molar-refractivity contribution in [3.05, 3.63) is 23.8 Å². The van der Waals surface area contributed by atoms with Gasteiger partial charge in [0.2, 0.25) is 0 Å². The second kappa shape index (κ2) is 11.9. The van der Waals surface area contributed by atoms with Gasteiger partial charge in [-0.3, -0.25) is 0 Å². The highest BCUT2D eigenvalue weighted by molar-refractivity contribution is 7.90. The van der Waals surface area contributed by atoms with Crippen LogP contribution in [0.2, 0.25) is 0 Å². The van der Waals surface area contributed by atoms with Crippen LogP contribution in [0.25, 0.3) is 0 Å². The summed E-state index contributed by atoms with van der Waals surface area (Å²) >= 11 is 0. The van der Waals surface area contributed by atoms with Gasteiger partial charge in [0.05, 0.1) is 23.7 Å². The van der Waals surface area contributed by atoms with E-state index in [-0.39, 0.29) is 48.1 Å². The number of aliphatic hydroxyl groups excluding tert-OH is 1. The van der Waals surface area contributed by atoms with Crippen LogP contribution in [-0.4, -0.2) is 56.4 Å². The molecule has 0 bridgehead atoms. The number of rotatable bonds is 7.